The Morgan fingerprint density at radius 1 is 1.15 bits per heavy atom. The number of pyridine rings is 1. The lowest BCUT2D eigenvalue weighted by Gasteiger charge is -2.05. The molecule has 2 aromatic heterocycles. The maximum absolute atomic E-state index is 5.94. The Labute approximate surface area is 132 Å². The van der Waals surface area contributed by atoms with Gasteiger partial charge in [-0.2, -0.15) is 0 Å². The Bertz CT molecular complexity index is 756. The molecule has 3 aromatic rings. The molecule has 0 unspecified atom stereocenters. The Morgan fingerprint density at radius 3 is 2.75 bits per heavy atom. The summed E-state index contributed by atoms with van der Waals surface area (Å²) in [5, 5.41) is 3.88. The van der Waals surface area contributed by atoms with E-state index in [0.29, 0.717) is 11.6 Å². The average molecular weight is 395 g/mol. The lowest BCUT2D eigenvalue weighted by Crippen LogP contribution is -1.89. The van der Waals surface area contributed by atoms with Crippen molar-refractivity contribution < 1.29 is 4.52 Å². The predicted molar refractivity (Wildman–Crippen MR) is 85.0 cm³/mol. The van der Waals surface area contributed by atoms with Crippen LogP contribution in [0.5, 0.6) is 0 Å². The van der Waals surface area contributed by atoms with Crippen molar-refractivity contribution >= 4 is 37.7 Å². The minimum atomic E-state index is 0.347. The highest BCUT2D eigenvalue weighted by molar-refractivity contribution is 9.11. The van der Waals surface area contributed by atoms with Crippen molar-refractivity contribution in [1.82, 2.24) is 10.1 Å². The van der Waals surface area contributed by atoms with Crippen LogP contribution in [-0.4, -0.2) is 10.1 Å². The van der Waals surface area contributed by atoms with Crippen LogP contribution in [0.15, 0.2) is 56.2 Å². The van der Waals surface area contributed by atoms with Gasteiger partial charge in [-0.15, -0.1) is 0 Å². The number of hydrogen-bond donors (Lipinski definition) is 1. The summed E-state index contributed by atoms with van der Waals surface area (Å²) in [5.41, 5.74) is 8.43. The number of aromatic nitrogens is 2. The van der Waals surface area contributed by atoms with Gasteiger partial charge in [0.1, 0.15) is 0 Å². The van der Waals surface area contributed by atoms with Crippen LogP contribution in [-0.2, 0) is 0 Å². The van der Waals surface area contributed by atoms with Gasteiger partial charge in [0.05, 0.1) is 5.56 Å². The molecule has 0 fully saturated rings. The third-order valence-corrected chi connectivity index (χ3v) is 4.03. The third-order valence-electron chi connectivity index (χ3n) is 2.84. The molecule has 0 saturated heterocycles. The monoisotopic (exact) mass is 393 g/mol. The van der Waals surface area contributed by atoms with Gasteiger partial charge in [-0.3, -0.25) is 4.98 Å². The van der Waals surface area contributed by atoms with Crippen LogP contribution in [0.2, 0.25) is 0 Å². The van der Waals surface area contributed by atoms with E-state index in [1.165, 1.54) is 0 Å². The quantitative estimate of drug-likeness (QED) is 0.694. The number of halogens is 2. The second-order valence-corrected chi connectivity index (χ2v) is 5.91. The van der Waals surface area contributed by atoms with E-state index in [-0.39, 0.29) is 0 Å². The fourth-order valence-electron chi connectivity index (χ4n) is 1.95. The molecule has 1 aromatic carbocycles. The normalized spacial score (nSPS) is 10.7. The van der Waals surface area contributed by atoms with Crippen LogP contribution in [0.1, 0.15) is 0 Å². The molecular formula is C14H9Br2N3O. The Hall–Kier alpha value is -1.66. The molecule has 0 amide bonds. The highest BCUT2D eigenvalue weighted by Gasteiger charge is 2.19. The summed E-state index contributed by atoms with van der Waals surface area (Å²) >= 11 is 6.97. The lowest BCUT2D eigenvalue weighted by molar-refractivity contribution is 0.436. The minimum Gasteiger partial charge on any atom is -0.380 e. The molecule has 0 spiro atoms. The van der Waals surface area contributed by atoms with E-state index in [0.717, 1.165) is 25.6 Å². The van der Waals surface area contributed by atoms with Gasteiger partial charge in [-0.1, -0.05) is 43.1 Å². The van der Waals surface area contributed by atoms with E-state index >= 15 is 0 Å². The number of nitrogens with zero attached hydrogens (tertiary/aromatic N) is 2. The zero-order valence-electron chi connectivity index (χ0n) is 10.2. The Balaban J connectivity index is 2.24. The minimum absolute atomic E-state index is 0.347. The zero-order valence-corrected chi connectivity index (χ0v) is 13.3. The van der Waals surface area contributed by atoms with Crippen molar-refractivity contribution in [2.75, 3.05) is 5.73 Å². The number of hydrogen-bond acceptors (Lipinski definition) is 4. The number of nitrogen functional groups attached to an aromatic ring is 1. The first-order chi connectivity index (χ1) is 9.66. The van der Waals surface area contributed by atoms with Gasteiger partial charge in [0.2, 0.25) is 0 Å². The van der Waals surface area contributed by atoms with E-state index in [1.54, 1.807) is 12.4 Å². The van der Waals surface area contributed by atoms with Crippen molar-refractivity contribution in [1.29, 1.82) is 0 Å². The van der Waals surface area contributed by atoms with Gasteiger partial charge in [0.15, 0.2) is 11.6 Å². The Morgan fingerprint density at radius 2 is 2.00 bits per heavy atom. The van der Waals surface area contributed by atoms with Crippen LogP contribution >= 0.6 is 31.9 Å². The van der Waals surface area contributed by atoms with Gasteiger partial charge in [0, 0.05) is 32.5 Å². The van der Waals surface area contributed by atoms with Crippen LogP contribution < -0.4 is 5.73 Å². The second-order valence-electron chi connectivity index (χ2n) is 4.14. The maximum Gasteiger partial charge on any atom is 0.178 e. The fraction of sp³-hybridized carbons (Fsp3) is 0. The summed E-state index contributed by atoms with van der Waals surface area (Å²) in [7, 11) is 0. The summed E-state index contributed by atoms with van der Waals surface area (Å²) < 4.78 is 7.27. The molecule has 0 aliphatic rings. The SMILES string of the molecule is Nc1noc(-c2cc(Br)ccc2Br)c1-c1cccnc1. The maximum atomic E-state index is 5.94. The van der Waals surface area contributed by atoms with Gasteiger partial charge < -0.3 is 10.3 Å². The van der Waals surface area contributed by atoms with E-state index < -0.39 is 0 Å². The summed E-state index contributed by atoms with van der Waals surface area (Å²) in [6.07, 6.45) is 3.44. The summed E-state index contributed by atoms with van der Waals surface area (Å²) in [5.74, 6) is 0.962. The first-order valence-electron chi connectivity index (χ1n) is 5.78. The van der Waals surface area contributed by atoms with E-state index in [4.69, 9.17) is 10.3 Å². The number of anilines is 1. The van der Waals surface area contributed by atoms with Crippen molar-refractivity contribution in [2.45, 2.75) is 0 Å². The van der Waals surface area contributed by atoms with Gasteiger partial charge in [-0.25, -0.2) is 0 Å². The summed E-state index contributed by atoms with van der Waals surface area (Å²) in [6, 6.07) is 9.60. The smallest absolute Gasteiger partial charge is 0.178 e. The van der Waals surface area contributed by atoms with Crippen LogP contribution in [0.3, 0.4) is 0 Å². The highest BCUT2D eigenvalue weighted by Crippen LogP contribution is 2.40. The topological polar surface area (TPSA) is 64.9 Å². The zero-order chi connectivity index (χ0) is 14.1. The highest BCUT2D eigenvalue weighted by atomic mass is 79.9. The molecule has 0 saturated carbocycles. The number of rotatable bonds is 2. The summed E-state index contributed by atoms with van der Waals surface area (Å²) in [6.45, 7) is 0. The standard InChI is InChI=1S/C14H9Br2N3O/c15-9-3-4-11(16)10(6-9)13-12(14(17)19-20-13)8-2-1-5-18-7-8/h1-7H,(H2,17,19). The van der Waals surface area contributed by atoms with E-state index in [1.807, 2.05) is 30.3 Å². The van der Waals surface area contributed by atoms with Crippen LogP contribution in [0.4, 0.5) is 5.82 Å². The van der Waals surface area contributed by atoms with E-state index in [9.17, 15) is 0 Å². The summed E-state index contributed by atoms with van der Waals surface area (Å²) in [4.78, 5) is 4.11. The van der Waals surface area contributed by atoms with Crippen molar-refractivity contribution in [2.24, 2.45) is 0 Å². The average Bonchev–Trinajstić information content (AvgIpc) is 2.84. The van der Waals surface area contributed by atoms with E-state index in [2.05, 4.69) is 42.0 Å². The van der Waals surface area contributed by atoms with Gasteiger partial charge in [0.25, 0.3) is 0 Å². The largest absolute Gasteiger partial charge is 0.380 e. The molecule has 3 rings (SSSR count). The third kappa shape index (κ3) is 2.36. The molecule has 0 bridgehead atoms. The van der Waals surface area contributed by atoms with Gasteiger partial charge in [-0.05, 0) is 24.3 Å². The predicted octanol–water partition coefficient (Wildman–Crippen LogP) is 4.51. The molecule has 0 aliphatic carbocycles. The second kappa shape index (κ2) is 5.38. The van der Waals surface area contributed by atoms with Crippen molar-refractivity contribution in [3.05, 3.63) is 51.7 Å². The molecule has 2 N–H and O–H groups in total. The number of benzene rings is 1. The molecule has 0 radical (unpaired) electrons. The first kappa shape index (κ1) is 13.3. The molecule has 0 aliphatic heterocycles. The molecule has 6 heteroatoms. The molecular weight excluding hydrogens is 386 g/mol. The molecule has 4 nitrogen and oxygen atoms in total. The Kier molecular flexibility index (Phi) is 3.58. The van der Waals surface area contributed by atoms with Crippen LogP contribution in [0, 0.1) is 0 Å². The molecule has 100 valence electrons. The van der Waals surface area contributed by atoms with Crippen molar-refractivity contribution in [3.63, 3.8) is 0 Å². The lowest BCUT2D eigenvalue weighted by atomic mass is 10.0. The first-order valence-corrected chi connectivity index (χ1v) is 7.36. The van der Waals surface area contributed by atoms with Crippen molar-refractivity contribution in [3.8, 4) is 22.5 Å². The molecule has 2 heterocycles. The molecule has 20 heavy (non-hydrogen) atoms. The van der Waals surface area contributed by atoms with Gasteiger partial charge >= 0.3 is 0 Å². The number of nitrogens with two attached hydrogens (primary N) is 1. The fourth-order valence-corrected chi connectivity index (χ4v) is 2.74. The van der Waals surface area contributed by atoms with Crippen LogP contribution in [0.25, 0.3) is 22.5 Å². The molecule has 0 atom stereocenters.